The fraction of sp³-hybridized carbons (Fsp3) is 0.0556. The Bertz CT molecular complexity index is 958. The molecule has 4 aromatic rings. The predicted molar refractivity (Wildman–Crippen MR) is 93.7 cm³/mol. The molecular formula is C18H14ClN5. The maximum absolute atomic E-state index is 6.03. The first kappa shape index (κ1) is 14.7. The number of nitrogens with one attached hydrogen (secondary N) is 2. The molecule has 4 rings (SSSR count). The first-order valence-electron chi connectivity index (χ1n) is 7.55. The quantitative estimate of drug-likeness (QED) is 0.589. The van der Waals surface area contributed by atoms with Crippen molar-refractivity contribution in [1.29, 1.82) is 0 Å². The molecule has 0 aliphatic rings. The monoisotopic (exact) mass is 335 g/mol. The fourth-order valence-corrected chi connectivity index (χ4v) is 2.71. The van der Waals surface area contributed by atoms with Crippen LogP contribution in [0.1, 0.15) is 11.4 Å². The Morgan fingerprint density at radius 3 is 2.58 bits per heavy atom. The van der Waals surface area contributed by atoms with E-state index >= 15 is 0 Å². The number of halogens is 1. The number of hydrogen-bond donors (Lipinski definition) is 2. The molecular weight excluding hydrogens is 322 g/mol. The van der Waals surface area contributed by atoms with Gasteiger partial charge in [-0.3, -0.25) is 10.2 Å². The smallest absolute Gasteiger partial charge is 0.199 e. The number of aromatic amines is 2. The van der Waals surface area contributed by atoms with Gasteiger partial charge in [0.05, 0.1) is 5.69 Å². The van der Waals surface area contributed by atoms with Crippen molar-refractivity contribution in [2.24, 2.45) is 0 Å². The third-order valence-electron chi connectivity index (χ3n) is 3.69. The fourth-order valence-electron chi connectivity index (χ4n) is 2.52. The summed E-state index contributed by atoms with van der Waals surface area (Å²) in [6.45, 7) is 0. The highest BCUT2D eigenvalue weighted by molar-refractivity contribution is 6.30. The molecule has 0 aliphatic carbocycles. The van der Waals surface area contributed by atoms with Crippen molar-refractivity contribution in [2.75, 3.05) is 0 Å². The Hall–Kier alpha value is -2.92. The Labute approximate surface area is 143 Å². The summed E-state index contributed by atoms with van der Waals surface area (Å²) in [6, 6.07) is 19.6. The van der Waals surface area contributed by atoms with E-state index in [2.05, 4.69) is 37.5 Å². The van der Waals surface area contributed by atoms with Crippen LogP contribution in [0, 0.1) is 0 Å². The number of rotatable bonds is 4. The molecule has 2 aromatic heterocycles. The first-order chi connectivity index (χ1) is 11.8. The molecule has 0 fully saturated rings. The molecule has 2 aromatic carbocycles. The van der Waals surface area contributed by atoms with Crippen molar-refractivity contribution in [1.82, 2.24) is 25.4 Å². The minimum absolute atomic E-state index is 0.599. The molecule has 6 heteroatoms. The second kappa shape index (κ2) is 6.29. The average Bonchev–Trinajstić information content (AvgIpc) is 3.25. The van der Waals surface area contributed by atoms with Gasteiger partial charge in [0.1, 0.15) is 11.5 Å². The van der Waals surface area contributed by atoms with Crippen molar-refractivity contribution in [3.63, 3.8) is 0 Å². The first-order valence-corrected chi connectivity index (χ1v) is 7.93. The molecule has 0 amide bonds. The van der Waals surface area contributed by atoms with Crippen LogP contribution in [-0.2, 0) is 6.42 Å². The SMILES string of the molecule is Clc1cccc(-c2cc(-c3n[nH]c(Cc4ccccc4)n3)[nH]n2)c1. The number of benzene rings is 2. The molecule has 0 aliphatic heterocycles. The molecule has 118 valence electrons. The van der Waals surface area contributed by atoms with E-state index in [9.17, 15) is 0 Å². The molecule has 5 nitrogen and oxygen atoms in total. The molecule has 2 N–H and O–H groups in total. The van der Waals surface area contributed by atoms with Gasteiger partial charge in [-0.2, -0.15) is 10.2 Å². The summed E-state index contributed by atoms with van der Waals surface area (Å²) in [5, 5.41) is 15.2. The summed E-state index contributed by atoms with van der Waals surface area (Å²) >= 11 is 6.03. The van der Waals surface area contributed by atoms with Gasteiger partial charge in [0.25, 0.3) is 0 Å². The predicted octanol–water partition coefficient (Wildman–Crippen LogP) is 4.11. The second-order valence-electron chi connectivity index (χ2n) is 5.45. The van der Waals surface area contributed by atoms with Gasteiger partial charge in [-0.05, 0) is 23.8 Å². The standard InChI is InChI=1S/C18H14ClN5/c19-14-8-4-7-13(10-14)15-11-16(22-21-15)18-20-17(23-24-18)9-12-5-2-1-3-6-12/h1-8,10-11H,9H2,(H,21,22)(H,20,23,24). The molecule has 0 spiro atoms. The van der Waals surface area contributed by atoms with Gasteiger partial charge in [-0.15, -0.1) is 0 Å². The molecule has 24 heavy (non-hydrogen) atoms. The van der Waals surface area contributed by atoms with Crippen molar-refractivity contribution in [3.8, 4) is 22.8 Å². The van der Waals surface area contributed by atoms with Gasteiger partial charge in [0.15, 0.2) is 5.82 Å². The lowest BCUT2D eigenvalue weighted by Crippen LogP contribution is -1.90. The Morgan fingerprint density at radius 1 is 0.875 bits per heavy atom. The number of H-pyrrole nitrogens is 2. The summed E-state index contributed by atoms with van der Waals surface area (Å²) in [5.41, 5.74) is 3.71. The normalized spacial score (nSPS) is 10.9. The van der Waals surface area contributed by atoms with E-state index < -0.39 is 0 Å². The van der Waals surface area contributed by atoms with E-state index in [0.29, 0.717) is 17.3 Å². The Morgan fingerprint density at radius 2 is 1.75 bits per heavy atom. The molecule has 0 saturated carbocycles. The molecule has 0 bridgehead atoms. The van der Waals surface area contributed by atoms with Crippen molar-refractivity contribution in [2.45, 2.75) is 6.42 Å². The van der Waals surface area contributed by atoms with E-state index in [1.165, 1.54) is 5.56 Å². The van der Waals surface area contributed by atoms with E-state index in [1.807, 2.05) is 48.5 Å². The highest BCUT2D eigenvalue weighted by Crippen LogP contribution is 2.24. The van der Waals surface area contributed by atoms with Crippen LogP contribution in [0.3, 0.4) is 0 Å². The van der Waals surface area contributed by atoms with Crippen molar-refractivity contribution >= 4 is 11.6 Å². The molecule has 0 atom stereocenters. The van der Waals surface area contributed by atoms with Crippen LogP contribution < -0.4 is 0 Å². The number of hydrogen-bond acceptors (Lipinski definition) is 3. The van der Waals surface area contributed by atoms with Crippen LogP contribution in [0.5, 0.6) is 0 Å². The third-order valence-corrected chi connectivity index (χ3v) is 3.92. The van der Waals surface area contributed by atoms with Crippen LogP contribution in [0.15, 0.2) is 60.7 Å². The summed E-state index contributed by atoms with van der Waals surface area (Å²) in [4.78, 5) is 4.54. The number of aromatic nitrogens is 5. The minimum atomic E-state index is 0.599. The van der Waals surface area contributed by atoms with E-state index in [1.54, 1.807) is 0 Å². The highest BCUT2D eigenvalue weighted by atomic mass is 35.5. The Kier molecular flexibility index (Phi) is 3.84. The largest absolute Gasteiger partial charge is 0.274 e. The van der Waals surface area contributed by atoms with Gasteiger partial charge in [-0.1, -0.05) is 54.1 Å². The van der Waals surface area contributed by atoms with Crippen molar-refractivity contribution in [3.05, 3.63) is 77.1 Å². The summed E-state index contributed by atoms with van der Waals surface area (Å²) < 4.78 is 0. The van der Waals surface area contributed by atoms with Crippen LogP contribution >= 0.6 is 11.6 Å². The average molecular weight is 336 g/mol. The van der Waals surface area contributed by atoms with Gasteiger partial charge >= 0.3 is 0 Å². The zero-order chi connectivity index (χ0) is 16.4. The van der Waals surface area contributed by atoms with Crippen LogP contribution in [0.25, 0.3) is 22.8 Å². The number of nitrogens with zero attached hydrogens (tertiary/aromatic N) is 3. The summed E-state index contributed by atoms with van der Waals surface area (Å²) in [7, 11) is 0. The summed E-state index contributed by atoms with van der Waals surface area (Å²) in [6.07, 6.45) is 0.711. The molecule has 0 saturated heterocycles. The minimum Gasteiger partial charge on any atom is -0.274 e. The van der Waals surface area contributed by atoms with Crippen molar-refractivity contribution < 1.29 is 0 Å². The lowest BCUT2D eigenvalue weighted by Gasteiger charge is -1.95. The van der Waals surface area contributed by atoms with E-state index in [4.69, 9.17) is 11.6 Å². The highest BCUT2D eigenvalue weighted by Gasteiger charge is 2.11. The molecule has 2 heterocycles. The van der Waals surface area contributed by atoms with Gasteiger partial charge in [-0.25, -0.2) is 4.98 Å². The lowest BCUT2D eigenvalue weighted by molar-refractivity contribution is 0.972. The van der Waals surface area contributed by atoms with Crippen LogP contribution in [0.4, 0.5) is 0 Å². The van der Waals surface area contributed by atoms with Gasteiger partial charge < -0.3 is 0 Å². The topological polar surface area (TPSA) is 70.2 Å². The second-order valence-corrected chi connectivity index (χ2v) is 5.88. The zero-order valence-corrected chi connectivity index (χ0v) is 13.5. The maximum Gasteiger partial charge on any atom is 0.199 e. The molecule has 0 unspecified atom stereocenters. The molecule has 0 radical (unpaired) electrons. The Balaban J connectivity index is 1.57. The summed E-state index contributed by atoms with van der Waals surface area (Å²) in [5.74, 6) is 1.41. The maximum atomic E-state index is 6.03. The van der Waals surface area contributed by atoms with E-state index in [0.717, 1.165) is 22.8 Å². The van der Waals surface area contributed by atoms with Gasteiger partial charge in [0.2, 0.25) is 0 Å². The van der Waals surface area contributed by atoms with Gasteiger partial charge in [0, 0.05) is 17.0 Å². The third kappa shape index (κ3) is 3.07. The zero-order valence-electron chi connectivity index (χ0n) is 12.7. The van der Waals surface area contributed by atoms with Crippen LogP contribution in [0.2, 0.25) is 5.02 Å². The van der Waals surface area contributed by atoms with Crippen LogP contribution in [-0.4, -0.2) is 25.4 Å². The lowest BCUT2D eigenvalue weighted by atomic mass is 10.1. The van der Waals surface area contributed by atoms with E-state index in [-0.39, 0.29) is 0 Å².